The van der Waals surface area contributed by atoms with Gasteiger partial charge in [-0.05, 0) is 31.9 Å². The summed E-state index contributed by atoms with van der Waals surface area (Å²) in [5, 5.41) is 14.4. The molecule has 130 valence electrons. The predicted molar refractivity (Wildman–Crippen MR) is 89.0 cm³/mol. The summed E-state index contributed by atoms with van der Waals surface area (Å²) < 4.78 is 26.1. The summed E-state index contributed by atoms with van der Waals surface area (Å²) in [6.45, 7) is 4.80. The summed E-state index contributed by atoms with van der Waals surface area (Å²) in [6, 6.07) is 4.33. The molecule has 2 N–H and O–H groups in total. The summed E-state index contributed by atoms with van der Waals surface area (Å²) in [5.41, 5.74) is 2.69. The number of sulfonamides is 1. The Kier molecular flexibility index (Phi) is 7.21. The van der Waals surface area contributed by atoms with Crippen molar-refractivity contribution in [3.05, 3.63) is 47.0 Å². The number of nitro benzene ring substituents is 1. The number of carbonyl (C=O) groups is 1. The van der Waals surface area contributed by atoms with Gasteiger partial charge in [-0.25, -0.2) is 18.6 Å². The van der Waals surface area contributed by atoms with E-state index in [0.717, 1.165) is 30.7 Å². The molecule has 1 amide bonds. The quantitative estimate of drug-likeness (QED) is 0.299. The first kappa shape index (κ1) is 19.5. The fourth-order valence-electron chi connectivity index (χ4n) is 1.56. The molecule has 24 heavy (non-hydrogen) atoms. The number of nitro groups is 1. The average Bonchev–Trinajstić information content (AvgIpc) is 2.56. The van der Waals surface area contributed by atoms with Crippen LogP contribution in [0, 0.1) is 10.1 Å². The second-order valence-corrected chi connectivity index (χ2v) is 6.55. The molecule has 0 spiro atoms. The minimum absolute atomic E-state index is 0.174. The number of amides is 1. The smallest absolute Gasteiger partial charge is 0.269 e. The SMILES string of the molecule is C=CCC/C(C)=N\NC(=O)CNS(=O)(=O)c1ccc([N+](=O)[O-])cc1. The molecular formula is C14H18N4O5S. The van der Waals surface area contributed by atoms with E-state index in [1.54, 1.807) is 13.0 Å². The topological polar surface area (TPSA) is 131 Å². The summed E-state index contributed by atoms with van der Waals surface area (Å²) >= 11 is 0. The number of nitrogens with one attached hydrogen (secondary N) is 2. The first-order valence-corrected chi connectivity index (χ1v) is 8.41. The molecule has 0 atom stereocenters. The van der Waals surface area contributed by atoms with Crippen LogP contribution in [0.5, 0.6) is 0 Å². The molecule has 0 aliphatic heterocycles. The van der Waals surface area contributed by atoms with Crippen molar-refractivity contribution in [1.29, 1.82) is 0 Å². The molecule has 0 fully saturated rings. The van der Waals surface area contributed by atoms with Crippen molar-refractivity contribution in [1.82, 2.24) is 10.1 Å². The third kappa shape index (κ3) is 6.26. The lowest BCUT2D eigenvalue weighted by Gasteiger charge is -2.06. The monoisotopic (exact) mass is 354 g/mol. The van der Waals surface area contributed by atoms with E-state index in [4.69, 9.17) is 0 Å². The third-order valence-electron chi connectivity index (χ3n) is 2.86. The molecule has 9 nitrogen and oxygen atoms in total. The molecule has 0 unspecified atom stereocenters. The Morgan fingerprint density at radius 2 is 2.00 bits per heavy atom. The van der Waals surface area contributed by atoms with Gasteiger partial charge in [-0.2, -0.15) is 5.10 Å². The van der Waals surface area contributed by atoms with Crippen LogP contribution in [0.4, 0.5) is 5.69 Å². The van der Waals surface area contributed by atoms with Gasteiger partial charge in [0.1, 0.15) is 0 Å². The Balaban J connectivity index is 2.60. The Morgan fingerprint density at radius 3 is 2.54 bits per heavy atom. The van der Waals surface area contributed by atoms with Crippen LogP contribution in [0.2, 0.25) is 0 Å². The molecule has 10 heteroatoms. The fraction of sp³-hybridized carbons (Fsp3) is 0.286. The first-order valence-electron chi connectivity index (χ1n) is 6.93. The van der Waals surface area contributed by atoms with Crippen molar-refractivity contribution >= 4 is 27.3 Å². The zero-order chi connectivity index (χ0) is 18.2. The lowest BCUT2D eigenvalue weighted by Crippen LogP contribution is -2.35. The number of hydrogen-bond donors (Lipinski definition) is 2. The molecule has 0 heterocycles. The van der Waals surface area contributed by atoms with Crippen LogP contribution in [-0.2, 0) is 14.8 Å². The van der Waals surface area contributed by atoms with Crippen molar-refractivity contribution < 1.29 is 18.1 Å². The van der Waals surface area contributed by atoms with Crippen molar-refractivity contribution in [3.63, 3.8) is 0 Å². The van der Waals surface area contributed by atoms with E-state index in [0.29, 0.717) is 12.1 Å². The van der Waals surface area contributed by atoms with Gasteiger partial charge in [0.25, 0.3) is 11.6 Å². The van der Waals surface area contributed by atoms with Crippen molar-refractivity contribution in [2.45, 2.75) is 24.7 Å². The van der Waals surface area contributed by atoms with Gasteiger partial charge >= 0.3 is 0 Å². The van der Waals surface area contributed by atoms with Gasteiger partial charge in [0.2, 0.25) is 10.0 Å². The maximum atomic E-state index is 12.0. The predicted octanol–water partition coefficient (Wildman–Crippen LogP) is 1.33. The van der Waals surface area contributed by atoms with Crippen LogP contribution in [0.15, 0.2) is 46.9 Å². The lowest BCUT2D eigenvalue weighted by atomic mass is 10.2. The summed E-state index contributed by atoms with van der Waals surface area (Å²) in [7, 11) is -3.95. The van der Waals surface area contributed by atoms with Crippen LogP contribution < -0.4 is 10.1 Å². The van der Waals surface area contributed by atoms with Gasteiger partial charge in [-0.3, -0.25) is 14.9 Å². The van der Waals surface area contributed by atoms with Crippen molar-refractivity contribution in [2.24, 2.45) is 5.10 Å². The van der Waals surface area contributed by atoms with Crippen molar-refractivity contribution in [2.75, 3.05) is 6.54 Å². The Hall–Kier alpha value is -2.59. The molecular weight excluding hydrogens is 336 g/mol. The van der Waals surface area contributed by atoms with Crippen molar-refractivity contribution in [3.8, 4) is 0 Å². The normalized spacial score (nSPS) is 11.8. The molecule has 0 aliphatic rings. The third-order valence-corrected chi connectivity index (χ3v) is 4.28. The van der Waals surface area contributed by atoms with E-state index < -0.39 is 27.4 Å². The molecule has 0 aliphatic carbocycles. The summed E-state index contributed by atoms with van der Waals surface area (Å²) in [5.74, 6) is -0.626. The number of allylic oxidation sites excluding steroid dienone is 1. The summed E-state index contributed by atoms with van der Waals surface area (Å²) in [4.78, 5) is 21.3. The maximum absolute atomic E-state index is 12.0. The zero-order valence-electron chi connectivity index (χ0n) is 13.1. The number of carbonyl (C=O) groups excluding carboxylic acids is 1. The van der Waals surface area contributed by atoms with Crippen LogP contribution in [-0.4, -0.2) is 31.5 Å². The average molecular weight is 354 g/mol. The van der Waals surface area contributed by atoms with E-state index in [2.05, 4.69) is 21.8 Å². The zero-order valence-corrected chi connectivity index (χ0v) is 13.9. The minimum atomic E-state index is -3.95. The number of hydrazone groups is 1. The maximum Gasteiger partial charge on any atom is 0.269 e. The van der Waals surface area contributed by atoms with Gasteiger partial charge in [0.15, 0.2) is 0 Å². The van der Waals surface area contributed by atoms with Gasteiger partial charge in [0, 0.05) is 17.8 Å². The Labute approximate surface area is 139 Å². The number of hydrogen-bond acceptors (Lipinski definition) is 6. The first-order chi connectivity index (χ1) is 11.3. The van der Waals surface area contributed by atoms with Crippen LogP contribution in [0.1, 0.15) is 19.8 Å². The molecule has 1 aromatic rings. The van der Waals surface area contributed by atoms with Crippen LogP contribution >= 0.6 is 0 Å². The van der Waals surface area contributed by atoms with Crippen LogP contribution in [0.3, 0.4) is 0 Å². The minimum Gasteiger partial charge on any atom is -0.272 e. The van der Waals surface area contributed by atoms with E-state index in [1.807, 2.05) is 0 Å². The van der Waals surface area contributed by atoms with Gasteiger partial charge < -0.3 is 0 Å². The van der Waals surface area contributed by atoms with Crippen LogP contribution in [0.25, 0.3) is 0 Å². The molecule has 1 rings (SSSR count). The molecule has 0 bridgehead atoms. The van der Waals surface area contributed by atoms with E-state index >= 15 is 0 Å². The van der Waals surface area contributed by atoms with E-state index in [-0.39, 0.29) is 10.6 Å². The number of rotatable bonds is 9. The molecule has 0 saturated carbocycles. The van der Waals surface area contributed by atoms with Gasteiger partial charge in [-0.15, -0.1) is 6.58 Å². The summed E-state index contributed by atoms with van der Waals surface area (Å²) in [6.07, 6.45) is 3.08. The highest BCUT2D eigenvalue weighted by Crippen LogP contribution is 2.15. The highest BCUT2D eigenvalue weighted by molar-refractivity contribution is 7.89. The number of benzene rings is 1. The van der Waals surface area contributed by atoms with E-state index in [1.165, 1.54) is 0 Å². The molecule has 0 radical (unpaired) electrons. The van der Waals surface area contributed by atoms with Gasteiger partial charge in [-0.1, -0.05) is 6.08 Å². The van der Waals surface area contributed by atoms with E-state index in [9.17, 15) is 23.3 Å². The second-order valence-electron chi connectivity index (χ2n) is 4.78. The largest absolute Gasteiger partial charge is 0.272 e. The standard InChI is InChI=1S/C14H18N4O5S/c1-3-4-5-11(2)16-17-14(19)10-15-24(22,23)13-8-6-12(7-9-13)18(20)21/h3,6-9,15H,1,4-5,10H2,2H3,(H,17,19)/b16-11-. The van der Waals surface area contributed by atoms with Gasteiger partial charge in [0.05, 0.1) is 16.4 Å². The lowest BCUT2D eigenvalue weighted by molar-refractivity contribution is -0.384. The second kappa shape index (κ2) is 8.89. The highest BCUT2D eigenvalue weighted by Gasteiger charge is 2.16. The Morgan fingerprint density at radius 1 is 1.38 bits per heavy atom. The Bertz CT molecular complexity index is 741. The number of nitrogens with zero attached hydrogens (tertiary/aromatic N) is 2. The molecule has 0 saturated heterocycles. The highest BCUT2D eigenvalue weighted by atomic mass is 32.2. The molecule has 0 aromatic heterocycles. The fourth-order valence-corrected chi connectivity index (χ4v) is 2.54. The molecule has 1 aromatic carbocycles. The number of non-ortho nitro benzene ring substituents is 1.